The van der Waals surface area contributed by atoms with Crippen LogP contribution in [0.15, 0.2) is 22.8 Å². The van der Waals surface area contributed by atoms with E-state index in [-0.39, 0.29) is 28.3 Å². The number of fused-ring (bicyclic) bond motifs is 4. The van der Waals surface area contributed by atoms with Crippen LogP contribution in [0.1, 0.15) is 99.8 Å². The van der Waals surface area contributed by atoms with E-state index >= 15 is 0 Å². The van der Waals surface area contributed by atoms with Crippen molar-refractivity contribution in [1.29, 1.82) is 0 Å². The van der Waals surface area contributed by atoms with Crippen molar-refractivity contribution in [3.05, 3.63) is 22.8 Å². The molecule has 0 spiro atoms. The van der Waals surface area contributed by atoms with E-state index in [1.54, 1.807) is 6.92 Å². The Morgan fingerprint density at radius 2 is 1.71 bits per heavy atom. The number of aliphatic carboxylic acids is 1. The van der Waals surface area contributed by atoms with Crippen molar-refractivity contribution in [2.45, 2.75) is 118 Å². The summed E-state index contributed by atoms with van der Waals surface area (Å²) in [6, 6.07) is 0. The van der Waals surface area contributed by atoms with Crippen molar-refractivity contribution >= 4 is 5.97 Å². The lowest BCUT2D eigenvalue weighted by atomic mass is 9.42. The lowest BCUT2D eigenvalue weighted by Crippen LogP contribution is -2.59. The van der Waals surface area contributed by atoms with E-state index in [1.165, 1.54) is 5.57 Å². The molecule has 4 rings (SSSR count). The van der Waals surface area contributed by atoms with Crippen LogP contribution >= 0.6 is 0 Å². The van der Waals surface area contributed by atoms with Crippen LogP contribution in [0.25, 0.3) is 0 Å². The lowest BCUT2D eigenvalue weighted by molar-refractivity contribution is -0.132. The molecule has 4 aliphatic carbocycles. The maximum atomic E-state index is 11.7. The predicted octanol–water partition coefficient (Wildman–Crippen LogP) is 5.49. The molecule has 198 valence electrons. The van der Waals surface area contributed by atoms with Gasteiger partial charge in [-0.15, -0.1) is 0 Å². The van der Waals surface area contributed by atoms with E-state index in [4.69, 9.17) is 5.11 Å². The average Bonchev–Trinajstić information content (AvgIpc) is 2.99. The molecule has 2 saturated carbocycles. The molecule has 0 aromatic carbocycles. The molecule has 9 atom stereocenters. The summed E-state index contributed by atoms with van der Waals surface area (Å²) >= 11 is 0. The van der Waals surface area contributed by atoms with Gasteiger partial charge in [-0.1, -0.05) is 53.2 Å². The molecule has 4 N–H and O–H groups in total. The highest BCUT2D eigenvalue weighted by atomic mass is 16.4. The Balaban J connectivity index is 1.69. The number of aliphatic hydroxyl groups excluding tert-OH is 3. The summed E-state index contributed by atoms with van der Waals surface area (Å²) in [5.74, 6) is 0.0245. The fourth-order valence-corrected chi connectivity index (χ4v) is 9.42. The van der Waals surface area contributed by atoms with Crippen molar-refractivity contribution in [1.82, 2.24) is 0 Å². The van der Waals surface area contributed by atoms with Gasteiger partial charge in [0.15, 0.2) is 0 Å². The Hall–Kier alpha value is -1.17. The number of carboxylic acids is 1. The molecule has 9 unspecified atom stereocenters. The van der Waals surface area contributed by atoms with E-state index in [0.29, 0.717) is 23.8 Å². The Labute approximate surface area is 211 Å². The van der Waals surface area contributed by atoms with Crippen LogP contribution in [0, 0.1) is 39.4 Å². The van der Waals surface area contributed by atoms with Crippen molar-refractivity contribution in [2.24, 2.45) is 39.4 Å². The van der Waals surface area contributed by atoms with Crippen LogP contribution in [-0.4, -0.2) is 44.7 Å². The van der Waals surface area contributed by atoms with Gasteiger partial charge in [-0.3, -0.25) is 0 Å². The van der Waals surface area contributed by atoms with Crippen molar-refractivity contribution in [2.75, 3.05) is 0 Å². The van der Waals surface area contributed by atoms with Crippen LogP contribution in [-0.2, 0) is 4.79 Å². The number of aliphatic hydroxyl groups is 3. The Kier molecular flexibility index (Phi) is 6.68. The summed E-state index contributed by atoms with van der Waals surface area (Å²) < 4.78 is 0. The van der Waals surface area contributed by atoms with Crippen LogP contribution < -0.4 is 0 Å². The van der Waals surface area contributed by atoms with Crippen molar-refractivity contribution < 1.29 is 25.2 Å². The lowest BCUT2D eigenvalue weighted by Gasteiger charge is -2.63. The second kappa shape index (κ2) is 8.70. The molecule has 0 aromatic heterocycles. The highest BCUT2D eigenvalue weighted by molar-refractivity contribution is 5.85. The second-order valence-corrected chi connectivity index (χ2v) is 13.7. The van der Waals surface area contributed by atoms with Crippen LogP contribution in [0.4, 0.5) is 0 Å². The average molecular weight is 489 g/mol. The summed E-state index contributed by atoms with van der Waals surface area (Å²) in [5, 5.41) is 43.3. The molecule has 0 bridgehead atoms. The highest BCUT2D eigenvalue weighted by Crippen LogP contribution is 2.72. The quantitative estimate of drug-likeness (QED) is 0.303. The third-order valence-electron chi connectivity index (χ3n) is 12.0. The van der Waals surface area contributed by atoms with Gasteiger partial charge in [-0.2, -0.15) is 0 Å². The van der Waals surface area contributed by atoms with Crippen LogP contribution in [0.5, 0.6) is 0 Å². The van der Waals surface area contributed by atoms with Gasteiger partial charge in [0, 0.05) is 11.0 Å². The zero-order valence-corrected chi connectivity index (χ0v) is 22.9. The Morgan fingerprint density at radius 1 is 1.06 bits per heavy atom. The molecule has 0 saturated heterocycles. The van der Waals surface area contributed by atoms with Gasteiger partial charge >= 0.3 is 5.97 Å². The molecule has 4 aliphatic rings. The molecule has 0 aromatic rings. The van der Waals surface area contributed by atoms with Gasteiger partial charge in [-0.05, 0) is 97.9 Å². The number of hydrogen-bond acceptors (Lipinski definition) is 4. The molecule has 0 amide bonds. The molecule has 35 heavy (non-hydrogen) atoms. The fourth-order valence-electron chi connectivity index (χ4n) is 9.42. The number of carboxylic acid groups (broad SMARTS) is 1. The van der Waals surface area contributed by atoms with Crippen LogP contribution in [0.3, 0.4) is 0 Å². The number of hydrogen-bond donors (Lipinski definition) is 4. The predicted molar refractivity (Wildman–Crippen MR) is 138 cm³/mol. The third-order valence-corrected chi connectivity index (χ3v) is 12.0. The normalized spacial score (nSPS) is 46.0. The molecule has 5 nitrogen and oxygen atoms in total. The van der Waals surface area contributed by atoms with Gasteiger partial charge in [-0.25, -0.2) is 4.79 Å². The van der Waals surface area contributed by atoms with Crippen molar-refractivity contribution in [3.8, 4) is 0 Å². The molecule has 0 radical (unpaired) electrons. The number of carbonyl (C=O) groups is 1. The van der Waals surface area contributed by atoms with Gasteiger partial charge in [0.25, 0.3) is 0 Å². The largest absolute Gasteiger partial charge is 0.478 e. The SMILES string of the molecule is CC(=CCCC(C)C1CC(O)C2(C)C3=C(CCC12C)C1(C)CCC(O)C(C)(C)C1CC3O)C(=O)O. The van der Waals surface area contributed by atoms with Gasteiger partial charge < -0.3 is 20.4 Å². The first-order valence-electron chi connectivity index (χ1n) is 13.8. The summed E-state index contributed by atoms with van der Waals surface area (Å²) in [6.45, 7) is 15.1. The maximum absolute atomic E-state index is 11.7. The Bertz CT molecular complexity index is 933. The summed E-state index contributed by atoms with van der Waals surface area (Å²) in [7, 11) is 0. The summed E-state index contributed by atoms with van der Waals surface area (Å²) in [4.78, 5) is 11.2. The van der Waals surface area contributed by atoms with E-state index in [9.17, 15) is 20.1 Å². The topological polar surface area (TPSA) is 98.0 Å². The first-order valence-corrected chi connectivity index (χ1v) is 13.8. The van der Waals surface area contributed by atoms with Crippen molar-refractivity contribution in [3.63, 3.8) is 0 Å². The zero-order valence-electron chi connectivity index (χ0n) is 22.9. The molecule has 0 heterocycles. The molecule has 0 aliphatic heterocycles. The molecule has 5 heteroatoms. The van der Waals surface area contributed by atoms with Gasteiger partial charge in [0.2, 0.25) is 0 Å². The van der Waals surface area contributed by atoms with Gasteiger partial charge in [0.1, 0.15) is 0 Å². The van der Waals surface area contributed by atoms with Crippen LogP contribution in [0.2, 0.25) is 0 Å². The third kappa shape index (κ3) is 3.70. The minimum absolute atomic E-state index is 0.0514. The monoisotopic (exact) mass is 488 g/mol. The standard InChI is InChI=1S/C30H48O5/c1-17(9-8-10-18(2)26(34)35)20-15-24(33)30(7)25-19(11-14-29(20,30)6)28(5)13-12-23(32)27(3,4)22(28)16-21(25)31/h10,17,20-24,31-33H,8-9,11-16H2,1-7H3,(H,34,35). The molecular formula is C30H48O5. The first kappa shape index (κ1) is 26.9. The fraction of sp³-hybridized carbons (Fsp3) is 0.833. The summed E-state index contributed by atoms with van der Waals surface area (Å²) in [6.07, 6.45) is 7.06. The minimum atomic E-state index is -0.864. The maximum Gasteiger partial charge on any atom is 0.330 e. The number of allylic oxidation sites excluding steroid dienone is 2. The minimum Gasteiger partial charge on any atom is -0.478 e. The number of rotatable bonds is 5. The second-order valence-electron chi connectivity index (χ2n) is 13.7. The molecular weight excluding hydrogens is 440 g/mol. The van der Waals surface area contributed by atoms with E-state index in [1.807, 2.05) is 6.08 Å². The Morgan fingerprint density at radius 3 is 2.34 bits per heavy atom. The van der Waals surface area contributed by atoms with E-state index in [2.05, 4.69) is 41.5 Å². The van der Waals surface area contributed by atoms with E-state index in [0.717, 1.165) is 50.5 Å². The summed E-state index contributed by atoms with van der Waals surface area (Å²) in [5.41, 5.74) is 1.98. The highest BCUT2D eigenvalue weighted by Gasteiger charge is 2.67. The first-order chi connectivity index (χ1) is 16.1. The van der Waals surface area contributed by atoms with Gasteiger partial charge in [0.05, 0.1) is 18.3 Å². The van der Waals surface area contributed by atoms with E-state index < -0.39 is 23.6 Å². The smallest absolute Gasteiger partial charge is 0.330 e. The zero-order chi connectivity index (χ0) is 26.1. The molecule has 2 fully saturated rings.